The van der Waals surface area contributed by atoms with Gasteiger partial charge in [-0.15, -0.1) is 29.7 Å². The van der Waals surface area contributed by atoms with Crippen LogP contribution in [0, 0.1) is 0 Å². The van der Waals surface area contributed by atoms with E-state index in [4.69, 9.17) is 0 Å². The van der Waals surface area contributed by atoms with Crippen LogP contribution in [0.5, 0.6) is 0 Å². The maximum atomic E-state index is 4.26. The molecule has 0 saturated heterocycles. The van der Waals surface area contributed by atoms with Gasteiger partial charge in [0.2, 0.25) is 0 Å². The summed E-state index contributed by atoms with van der Waals surface area (Å²) in [4.78, 5) is 5.51. The summed E-state index contributed by atoms with van der Waals surface area (Å²) in [5, 5.41) is 5.48. The number of hydrogen-bond acceptors (Lipinski definition) is 4. The molecule has 0 amide bonds. The van der Waals surface area contributed by atoms with Gasteiger partial charge in [0, 0.05) is 21.7 Å². The summed E-state index contributed by atoms with van der Waals surface area (Å²) in [5.74, 6) is 0.926. The predicted octanol–water partition coefficient (Wildman–Crippen LogP) is 4.03. The van der Waals surface area contributed by atoms with Crippen LogP contribution in [0.2, 0.25) is 0 Å². The Hall–Kier alpha value is -1.26. The molecule has 1 aromatic carbocycles. The summed E-state index contributed by atoms with van der Waals surface area (Å²) >= 11 is 3.41. The summed E-state index contributed by atoms with van der Waals surface area (Å²) in [6, 6.07) is 8.32. The van der Waals surface area contributed by atoms with Gasteiger partial charge in [-0.05, 0) is 12.1 Å². The van der Waals surface area contributed by atoms with Crippen molar-refractivity contribution in [3.05, 3.63) is 53.5 Å². The molecule has 4 heteroatoms. The van der Waals surface area contributed by atoms with E-state index in [9.17, 15) is 0 Å². The van der Waals surface area contributed by atoms with Crippen molar-refractivity contribution in [1.82, 2.24) is 4.98 Å². The maximum Gasteiger partial charge on any atom is 0.0795 e. The zero-order chi connectivity index (χ0) is 11.9. The van der Waals surface area contributed by atoms with Crippen molar-refractivity contribution in [2.75, 3.05) is 11.1 Å². The highest BCUT2D eigenvalue weighted by atomic mass is 32.2. The number of anilines is 1. The molecule has 0 atom stereocenters. The molecule has 0 aliphatic heterocycles. The number of para-hydroxylation sites is 1. The van der Waals surface area contributed by atoms with Gasteiger partial charge in [-0.2, -0.15) is 0 Å². The Labute approximate surface area is 110 Å². The van der Waals surface area contributed by atoms with Gasteiger partial charge >= 0.3 is 0 Å². The minimum absolute atomic E-state index is 0.773. The van der Waals surface area contributed by atoms with Gasteiger partial charge < -0.3 is 5.32 Å². The molecule has 88 valence electrons. The third-order valence-electron chi connectivity index (χ3n) is 2.19. The molecule has 17 heavy (non-hydrogen) atoms. The Bertz CT molecular complexity index is 466. The number of aromatic nitrogens is 1. The Morgan fingerprint density at radius 1 is 1.41 bits per heavy atom. The Balaban J connectivity index is 2.01. The van der Waals surface area contributed by atoms with E-state index in [2.05, 4.69) is 40.5 Å². The lowest BCUT2D eigenvalue weighted by Crippen LogP contribution is -2.00. The number of benzene rings is 1. The lowest BCUT2D eigenvalue weighted by Gasteiger charge is -2.09. The van der Waals surface area contributed by atoms with Crippen LogP contribution < -0.4 is 5.32 Å². The standard InChI is InChI=1S/C13H14N2S2/c1-2-7-17-13-6-4-3-5-12(13)14-8-11-9-16-10-15-11/h2-6,9-10,14H,1,7-8H2. The number of nitrogens with one attached hydrogen (secondary N) is 1. The lowest BCUT2D eigenvalue weighted by atomic mass is 10.3. The Morgan fingerprint density at radius 3 is 3.06 bits per heavy atom. The minimum Gasteiger partial charge on any atom is -0.378 e. The molecule has 2 rings (SSSR count). The number of nitrogens with zero attached hydrogens (tertiary/aromatic N) is 1. The van der Waals surface area contributed by atoms with E-state index >= 15 is 0 Å². The Kier molecular flexibility index (Phi) is 4.64. The van der Waals surface area contributed by atoms with Gasteiger partial charge in [-0.3, -0.25) is 0 Å². The van der Waals surface area contributed by atoms with Gasteiger partial charge in [0.05, 0.1) is 17.7 Å². The molecule has 0 fully saturated rings. The molecule has 1 heterocycles. The second kappa shape index (κ2) is 6.47. The van der Waals surface area contributed by atoms with Gasteiger partial charge in [0.15, 0.2) is 0 Å². The van der Waals surface area contributed by atoms with Crippen LogP contribution in [-0.2, 0) is 6.54 Å². The molecule has 0 saturated carbocycles. The first-order chi connectivity index (χ1) is 8.40. The summed E-state index contributed by atoms with van der Waals surface area (Å²) < 4.78 is 0. The Morgan fingerprint density at radius 2 is 2.29 bits per heavy atom. The molecule has 2 nitrogen and oxygen atoms in total. The van der Waals surface area contributed by atoms with Crippen LogP contribution in [0.15, 0.2) is 52.7 Å². The van der Waals surface area contributed by atoms with Gasteiger partial charge in [-0.1, -0.05) is 18.2 Å². The SMILES string of the molecule is C=CCSc1ccccc1NCc1cscn1. The maximum absolute atomic E-state index is 4.26. The fraction of sp³-hybridized carbons (Fsp3) is 0.154. The minimum atomic E-state index is 0.773. The summed E-state index contributed by atoms with van der Waals surface area (Å²) in [5.41, 5.74) is 4.10. The van der Waals surface area contributed by atoms with Crippen LogP contribution in [-0.4, -0.2) is 10.7 Å². The highest BCUT2D eigenvalue weighted by Gasteiger charge is 2.01. The highest BCUT2D eigenvalue weighted by Crippen LogP contribution is 2.27. The van der Waals surface area contributed by atoms with Crippen molar-refractivity contribution in [2.45, 2.75) is 11.4 Å². The zero-order valence-corrected chi connectivity index (χ0v) is 11.1. The fourth-order valence-corrected chi connectivity index (χ4v) is 2.72. The first-order valence-electron chi connectivity index (χ1n) is 5.34. The predicted molar refractivity (Wildman–Crippen MR) is 76.8 cm³/mol. The largest absolute Gasteiger partial charge is 0.378 e. The average molecular weight is 262 g/mol. The molecule has 0 bridgehead atoms. The molecule has 0 aliphatic carbocycles. The second-order valence-electron chi connectivity index (χ2n) is 3.43. The van der Waals surface area contributed by atoms with E-state index in [0.717, 1.165) is 23.7 Å². The quantitative estimate of drug-likeness (QED) is 0.628. The zero-order valence-electron chi connectivity index (χ0n) is 9.43. The second-order valence-corrected chi connectivity index (χ2v) is 5.21. The average Bonchev–Trinajstić information content (AvgIpc) is 2.88. The van der Waals surface area contributed by atoms with Crippen LogP contribution >= 0.6 is 23.1 Å². The van der Waals surface area contributed by atoms with Gasteiger partial charge in [0.25, 0.3) is 0 Å². The molecule has 0 spiro atoms. The molecular formula is C13H14N2S2. The number of hydrogen-bond donors (Lipinski definition) is 1. The summed E-state index contributed by atoms with van der Waals surface area (Å²) in [6.07, 6.45) is 1.92. The van der Waals surface area contributed by atoms with Crippen molar-refractivity contribution in [3.63, 3.8) is 0 Å². The first kappa shape index (κ1) is 12.2. The van der Waals surface area contributed by atoms with Crippen LogP contribution in [0.25, 0.3) is 0 Å². The smallest absolute Gasteiger partial charge is 0.0795 e. The lowest BCUT2D eigenvalue weighted by molar-refractivity contribution is 1.06. The number of thiazole rings is 1. The molecule has 2 aromatic rings. The molecule has 1 N–H and O–H groups in total. The van der Waals surface area contributed by atoms with Crippen LogP contribution in [0.1, 0.15) is 5.69 Å². The number of rotatable bonds is 6. The van der Waals surface area contributed by atoms with E-state index in [1.807, 2.05) is 17.7 Å². The van der Waals surface area contributed by atoms with Crippen LogP contribution in [0.3, 0.4) is 0 Å². The molecule has 0 unspecified atom stereocenters. The molecule has 0 aliphatic rings. The van der Waals surface area contributed by atoms with Crippen molar-refractivity contribution in [1.29, 1.82) is 0 Å². The van der Waals surface area contributed by atoms with Gasteiger partial charge in [0.1, 0.15) is 0 Å². The van der Waals surface area contributed by atoms with Crippen molar-refractivity contribution in [3.8, 4) is 0 Å². The summed E-state index contributed by atoms with van der Waals surface area (Å²) in [7, 11) is 0. The molecule has 1 aromatic heterocycles. The number of thioether (sulfide) groups is 1. The topological polar surface area (TPSA) is 24.9 Å². The third kappa shape index (κ3) is 3.61. The van der Waals surface area contributed by atoms with E-state index < -0.39 is 0 Å². The third-order valence-corrected chi connectivity index (χ3v) is 3.89. The van der Waals surface area contributed by atoms with E-state index in [0.29, 0.717) is 0 Å². The summed E-state index contributed by atoms with van der Waals surface area (Å²) in [6.45, 7) is 4.52. The van der Waals surface area contributed by atoms with Crippen molar-refractivity contribution >= 4 is 28.8 Å². The monoisotopic (exact) mass is 262 g/mol. The van der Waals surface area contributed by atoms with E-state index in [-0.39, 0.29) is 0 Å². The van der Waals surface area contributed by atoms with Gasteiger partial charge in [-0.25, -0.2) is 4.98 Å². The van der Waals surface area contributed by atoms with E-state index in [1.165, 1.54) is 4.90 Å². The molecular weight excluding hydrogens is 248 g/mol. The van der Waals surface area contributed by atoms with Crippen molar-refractivity contribution in [2.24, 2.45) is 0 Å². The molecule has 0 radical (unpaired) electrons. The normalized spacial score (nSPS) is 10.1. The van der Waals surface area contributed by atoms with Crippen LogP contribution in [0.4, 0.5) is 5.69 Å². The fourth-order valence-electron chi connectivity index (χ4n) is 1.40. The van der Waals surface area contributed by atoms with Crippen molar-refractivity contribution < 1.29 is 0 Å². The first-order valence-corrected chi connectivity index (χ1v) is 7.26. The highest BCUT2D eigenvalue weighted by molar-refractivity contribution is 7.99. The van der Waals surface area contributed by atoms with E-state index in [1.54, 1.807) is 23.1 Å².